The fraction of sp³-hybridized carbons (Fsp3) is 0.724. The smallest absolute Gasteiger partial charge is 0.416 e. The van der Waals surface area contributed by atoms with Crippen molar-refractivity contribution in [2.45, 2.75) is 102 Å². The summed E-state index contributed by atoms with van der Waals surface area (Å²) in [5.41, 5.74) is -2.62. The fourth-order valence-corrected chi connectivity index (χ4v) is 5.52. The molecule has 2 fully saturated rings. The van der Waals surface area contributed by atoms with Gasteiger partial charge >= 0.3 is 12.3 Å². The Morgan fingerprint density at radius 2 is 1.78 bits per heavy atom. The first kappa shape index (κ1) is 35.1. The number of rotatable bonds is 10. The molecule has 1 aliphatic carbocycles. The molecule has 4 rings (SSSR count). The molecular formula is C29H39ClF5N5O5. The first-order chi connectivity index (χ1) is 20.7. The van der Waals surface area contributed by atoms with Crippen LogP contribution in [0.3, 0.4) is 0 Å². The maximum atomic E-state index is 13.5. The summed E-state index contributed by atoms with van der Waals surface area (Å²) in [6, 6.07) is -0.197. The maximum Gasteiger partial charge on any atom is 0.416 e. The van der Waals surface area contributed by atoms with Crippen LogP contribution >= 0.6 is 11.6 Å². The van der Waals surface area contributed by atoms with Crippen molar-refractivity contribution in [1.29, 1.82) is 0 Å². The van der Waals surface area contributed by atoms with E-state index in [1.54, 1.807) is 26.8 Å². The van der Waals surface area contributed by atoms with Gasteiger partial charge < -0.3 is 24.8 Å². The Labute approximate surface area is 262 Å². The number of fused-ring (bicyclic) bond motifs is 1. The topological polar surface area (TPSA) is 116 Å². The van der Waals surface area contributed by atoms with Crippen LogP contribution in [-0.4, -0.2) is 69.7 Å². The van der Waals surface area contributed by atoms with E-state index in [-0.39, 0.29) is 41.7 Å². The molecule has 2 aliphatic rings. The number of carbonyl (C=O) groups excluding carboxylic acids is 2. The van der Waals surface area contributed by atoms with Crippen molar-refractivity contribution >= 4 is 29.2 Å². The number of nitrogens with zero attached hydrogens (tertiary/aromatic N) is 3. The molecule has 2 amide bonds. The molecule has 3 heterocycles. The van der Waals surface area contributed by atoms with Gasteiger partial charge in [-0.05, 0) is 65.4 Å². The van der Waals surface area contributed by atoms with Crippen LogP contribution in [0.25, 0.3) is 5.65 Å². The van der Waals surface area contributed by atoms with Gasteiger partial charge in [0, 0.05) is 38.0 Å². The van der Waals surface area contributed by atoms with Gasteiger partial charge in [0.2, 0.25) is 11.8 Å². The highest BCUT2D eigenvalue weighted by Crippen LogP contribution is 2.44. The zero-order chi connectivity index (χ0) is 33.4. The van der Waals surface area contributed by atoms with Crippen molar-refractivity contribution in [2.75, 3.05) is 19.8 Å². The molecule has 2 N–H and O–H groups in total. The van der Waals surface area contributed by atoms with Gasteiger partial charge in [-0.1, -0.05) is 11.6 Å². The van der Waals surface area contributed by atoms with Gasteiger partial charge in [0.05, 0.1) is 30.6 Å². The number of hydrogen-bond donors (Lipinski definition) is 2. The van der Waals surface area contributed by atoms with E-state index in [2.05, 4.69) is 20.7 Å². The Morgan fingerprint density at radius 3 is 2.36 bits per heavy atom. The molecule has 2 aromatic heterocycles. The van der Waals surface area contributed by atoms with Gasteiger partial charge in [-0.15, -0.1) is 0 Å². The zero-order valence-corrected chi connectivity index (χ0v) is 26.5. The zero-order valence-electron chi connectivity index (χ0n) is 25.8. The number of aromatic nitrogens is 3. The normalized spacial score (nSPS) is 19.5. The molecule has 1 saturated heterocycles. The van der Waals surface area contributed by atoms with Crippen LogP contribution < -0.4 is 10.6 Å². The van der Waals surface area contributed by atoms with E-state index in [4.69, 9.17) is 25.8 Å². The van der Waals surface area contributed by atoms with Crippen molar-refractivity contribution in [3.63, 3.8) is 0 Å². The molecule has 0 bridgehead atoms. The van der Waals surface area contributed by atoms with Crippen LogP contribution in [0.15, 0.2) is 12.3 Å². The maximum absolute atomic E-state index is 13.5. The Hall–Kier alpha value is -2.78. The SMILES string of the molecule is CC(C)(C)OC(=O)N[C@@H](COC(C)(C)C(F)(F)F)c1cn2nc(Cl)c([C@H](NC(=O)CC3CC(F)(F)C3)C3CCOCC3)cc2n1. The number of alkyl carbamates (subject to hydrolysis) is 1. The number of imidazole rings is 1. The van der Waals surface area contributed by atoms with Crippen LogP contribution in [-0.2, 0) is 19.0 Å². The molecule has 0 aromatic carbocycles. The summed E-state index contributed by atoms with van der Waals surface area (Å²) in [6.07, 6.45) is -3.71. The highest BCUT2D eigenvalue weighted by atomic mass is 35.5. The second-order valence-electron chi connectivity index (χ2n) is 13.2. The van der Waals surface area contributed by atoms with Crippen molar-refractivity contribution in [3.8, 4) is 0 Å². The molecule has 252 valence electrons. The molecular weight excluding hydrogens is 629 g/mol. The largest absolute Gasteiger partial charge is 0.444 e. The van der Waals surface area contributed by atoms with Crippen molar-refractivity contribution in [3.05, 3.63) is 28.7 Å². The lowest BCUT2D eigenvalue weighted by Crippen LogP contribution is -2.44. The number of amides is 2. The molecule has 1 aliphatic heterocycles. The van der Waals surface area contributed by atoms with Crippen molar-refractivity contribution < 1.29 is 45.8 Å². The summed E-state index contributed by atoms with van der Waals surface area (Å²) in [4.78, 5) is 30.1. The number of nitrogens with one attached hydrogen (secondary N) is 2. The Morgan fingerprint density at radius 1 is 1.13 bits per heavy atom. The predicted molar refractivity (Wildman–Crippen MR) is 153 cm³/mol. The number of alkyl halides is 5. The van der Waals surface area contributed by atoms with Gasteiger partial charge in [0.25, 0.3) is 0 Å². The molecule has 0 spiro atoms. The van der Waals surface area contributed by atoms with E-state index in [1.807, 2.05) is 0 Å². The molecule has 2 aromatic rings. The quantitative estimate of drug-likeness (QED) is 0.285. The van der Waals surface area contributed by atoms with Gasteiger partial charge in [0.1, 0.15) is 5.60 Å². The summed E-state index contributed by atoms with van der Waals surface area (Å²) < 4.78 is 84.6. The third kappa shape index (κ3) is 9.16. The molecule has 10 nitrogen and oxygen atoms in total. The summed E-state index contributed by atoms with van der Waals surface area (Å²) >= 11 is 6.62. The standard InChI is InChI=1S/C29H39ClF5N5O5/c1-26(2,3)45-25(42)37-20(15-44-27(4,5)29(33,34)35)19-14-40-21(36-19)11-18(24(30)39-40)23(17-6-8-43-9-7-17)38-22(41)10-16-12-28(31,32)13-16/h11,14,16-17,20,23H,6-10,12-13,15H2,1-5H3,(H,37,42)(H,38,41)/t20-,23+/m0/s1. The Balaban J connectivity index is 1.62. The second-order valence-corrected chi connectivity index (χ2v) is 13.6. The molecule has 45 heavy (non-hydrogen) atoms. The van der Waals surface area contributed by atoms with E-state index in [0.29, 0.717) is 31.6 Å². The minimum absolute atomic E-state index is 0.0320. The number of ether oxygens (including phenoxy) is 3. The van der Waals surface area contributed by atoms with Crippen LogP contribution in [0.5, 0.6) is 0 Å². The van der Waals surface area contributed by atoms with E-state index in [9.17, 15) is 31.5 Å². The van der Waals surface area contributed by atoms with Crippen LogP contribution in [0.1, 0.15) is 90.1 Å². The summed E-state index contributed by atoms with van der Waals surface area (Å²) in [7, 11) is 0. The van der Waals surface area contributed by atoms with Crippen molar-refractivity contribution in [2.24, 2.45) is 11.8 Å². The molecule has 0 unspecified atom stereocenters. The van der Waals surface area contributed by atoms with Crippen LogP contribution in [0, 0.1) is 11.8 Å². The van der Waals surface area contributed by atoms with Gasteiger partial charge in [0.15, 0.2) is 16.4 Å². The lowest BCUT2D eigenvalue weighted by molar-refractivity contribution is -0.265. The highest BCUT2D eigenvalue weighted by molar-refractivity contribution is 6.30. The van der Waals surface area contributed by atoms with E-state index < -0.39 is 59.9 Å². The highest BCUT2D eigenvalue weighted by Gasteiger charge is 2.49. The first-order valence-corrected chi connectivity index (χ1v) is 15.1. The lowest BCUT2D eigenvalue weighted by atomic mass is 9.79. The van der Waals surface area contributed by atoms with Gasteiger partial charge in [-0.25, -0.2) is 23.1 Å². The summed E-state index contributed by atoms with van der Waals surface area (Å²) in [5.74, 6) is -3.65. The molecule has 1 saturated carbocycles. The van der Waals surface area contributed by atoms with Crippen LogP contribution in [0.2, 0.25) is 5.15 Å². The molecule has 16 heteroatoms. The lowest BCUT2D eigenvalue weighted by Gasteiger charge is -2.36. The summed E-state index contributed by atoms with van der Waals surface area (Å²) in [6.45, 7) is 6.97. The third-order valence-electron chi connectivity index (χ3n) is 7.83. The molecule has 0 radical (unpaired) electrons. The average Bonchev–Trinajstić information content (AvgIpc) is 3.29. The second kappa shape index (κ2) is 13.1. The first-order valence-electron chi connectivity index (χ1n) is 14.7. The van der Waals surface area contributed by atoms with Crippen molar-refractivity contribution in [1.82, 2.24) is 25.2 Å². The monoisotopic (exact) mass is 667 g/mol. The Bertz CT molecular complexity index is 1370. The fourth-order valence-electron chi connectivity index (χ4n) is 5.27. The minimum atomic E-state index is -4.69. The van der Waals surface area contributed by atoms with Gasteiger partial charge in [-0.3, -0.25) is 4.79 Å². The number of halogens is 6. The van der Waals surface area contributed by atoms with E-state index in [1.165, 1.54) is 10.7 Å². The van der Waals surface area contributed by atoms with E-state index in [0.717, 1.165) is 13.8 Å². The average molecular weight is 668 g/mol. The number of hydrogen-bond acceptors (Lipinski definition) is 7. The predicted octanol–water partition coefficient (Wildman–Crippen LogP) is 6.33. The van der Waals surface area contributed by atoms with Gasteiger partial charge in [-0.2, -0.15) is 18.3 Å². The third-order valence-corrected chi connectivity index (χ3v) is 8.12. The summed E-state index contributed by atoms with van der Waals surface area (Å²) in [5, 5.41) is 9.89. The minimum Gasteiger partial charge on any atom is -0.444 e. The molecule has 2 atom stereocenters. The Kier molecular flexibility index (Phi) is 10.2. The number of carbonyl (C=O) groups is 2. The van der Waals surface area contributed by atoms with Crippen LogP contribution in [0.4, 0.5) is 26.7 Å². The van der Waals surface area contributed by atoms with E-state index >= 15 is 0 Å².